The van der Waals surface area contributed by atoms with Crippen molar-refractivity contribution >= 4 is 16.6 Å². The summed E-state index contributed by atoms with van der Waals surface area (Å²) in [6.45, 7) is 5.56. The van der Waals surface area contributed by atoms with Crippen LogP contribution in [0.2, 0.25) is 0 Å². The Labute approximate surface area is 95.2 Å². The highest BCUT2D eigenvalue weighted by molar-refractivity contribution is 5.91. The Morgan fingerprint density at radius 2 is 2.12 bits per heavy atom. The van der Waals surface area contributed by atoms with Crippen molar-refractivity contribution in [3.8, 4) is 0 Å². The molecule has 2 heterocycles. The minimum Gasteiger partial charge on any atom is -0.344 e. The standard InChI is InChI=1S/C13H17N3/c1-8-9(2)16-5-3-4-10-6-11(15-14)7-12(8)13(10)16/h6-7,15H,3-5,14H2,1-2H3. The molecule has 1 aliphatic heterocycles. The Hall–Kier alpha value is -1.48. The highest BCUT2D eigenvalue weighted by Gasteiger charge is 2.18. The van der Waals surface area contributed by atoms with Gasteiger partial charge >= 0.3 is 0 Å². The molecule has 0 aliphatic carbocycles. The second-order valence-corrected chi connectivity index (χ2v) is 4.64. The van der Waals surface area contributed by atoms with E-state index in [1.165, 1.54) is 34.1 Å². The molecule has 0 spiro atoms. The van der Waals surface area contributed by atoms with Gasteiger partial charge < -0.3 is 9.99 Å². The summed E-state index contributed by atoms with van der Waals surface area (Å²) < 4.78 is 2.45. The van der Waals surface area contributed by atoms with Crippen LogP contribution in [0.25, 0.3) is 10.9 Å². The monoisotopic (exact) mass is 215 g/mol. The summed E-state index contributed by atoms with van der Waals surface area (Å²) in [7, 11) is 0. The zero-order valence-electron chi connectivity index (χ0n) is 9.80. The van der Waals surface area contributed by atoms with Crippen LogP contribution in [-0.2, 0) is 13.0 Å². The van der Waals surface area contributed by atoms with Crippen molar-refractivity contribution in [2.75, 3.05) is 5.43 Å². The third-order valence-electron chi connectivity index (χ3n) is 3.80. The third kappa shape index (κ3) is 1.12. The maximum Gasteiger partial charge on any atom is 0.0519 e. The molecule has 3 heteroatoms. The van der Waals surface area contributed by atoms with Crippen LogP contribution in [0.4, 0.5) is 5.69 Å². The fraction of sp³-hybridized carbons (Fsp3) is 0.385. The topological polar surface area (TPSA) is 43.0 Å². The second kappa shape index (κ2) is 3.25. The average molecular weight is 215 g/mol. The van der Waals surface area contributed by atoms with Crippen molar-refractivity contribution in [2.45, 2.75) is 33.2 Å². The zero-order chi connectivity index (χ0) is 11.3. The summed E-state index contributed by atoms with van der Waals surface area (Å²) in [6.07, 6.45) is 2.39. The Balaban J connectivity index is 2.45. The summed E-state index contributed by atoms with van der Waals surface area (Å²) in [6, 6.07) is 4.33. The van der Waals surface area contributed by atoms with Crippen molar-refractivity contribution in [2.24, 2.45) is 5.84 Å². The van der Waals surface area contributed by atoms with E-state index in [9.17, 15) is 0 Å². The molecule has 1 aromatic heterocycles. The van der Waals surface area contributed by atoms with Crippen LogP contribution in [0.3, 0.4) is 0 Å². The van der Waals surface area contributed by atoms with Gasteiger partial charge in [-0.1, -0.05) is 0 Å². The zero-order valence-corrected chi connectivity index (χ0v) is 9.80. The Morgan fingerprint density at radius 3 is 2.88 bits per heavy atom. The fourth-order valence-corrected chi connectivity index (χ4v) is 2.85. The number of nitrogen functional groups attached to an aromatic ring is 1. The van der Waals surface area contributed by atoms with E-state index in [-0.39, 0.29) is 0 Å². The molecule has 3 N–H and O–H groups in total. The van der Waals surface area contributed by atoms with E-state index in [0.29, 0.717) is 0 Å². The molecule has 84 valence electrons. The predicted octanol–water partition coefficient (Wildman–Crippen LogP) is 2.49. The molecule has 16 heavy (non-hydrogen) atoms. The lowest BCUT2D eigenvalue weighted by Crippen LogP contribution is -2.11. The Kier molecular flexibility index (Phi) is 1.98. The van der Waals surface area contributed by atoms with Gasteiger partial charge in [-0.05, 0) is 49.9 Å². The number of aryl methyl sites for hydroxylation is 3. The van der Waals surface area contributed by atoms with E-state index in [4.69, 9.17) is 5.84 Å². The summed E-state index contributed by atoms with van der Waals surface area (Å²) in [5.41, 5.74) is 9.40. The smallest absolute Gasteiger partial charge is 0.0519 e. The van der Waals surface area contributed by atoms with Crippen LogP contribution in [-0.4, -0.2) is 4.57 Å². The summed E-state index contributed by atoms with van der Waals surface area (Å²) >= 11 is 0. The van der Waals surface area contributed by atoms with Crippen LogP contribution in [0.15, 0.2) is 12.1 Å². The Bertz CT molecular complexity index is 566. The minimum atomic E-state index is 1.02. The first-order chi connectivity index (χ1) is 7.72. The maximum absolute atomic E-state index is 5.52. The molecule has 0 unspecified atom stereocenters. The van der Waals surface area contributed by atoms with Gasteiger partial charge in [-0.25, -0.2) is 0 Å². The number of anilines is 1. The number of aromatic nitrogens is 1. The molecular formula is C13H17N3. The third-order valence-corrected chi connectivity index (χ3v) is 3.80. The molecule has 2 aromatic rings. The van der Waals surface area contributed by atoms with Gasteiger partial charge in [0, 0.05) is 23.3 Å². The lowest BCUT2D eigenvalue weighted by Gasteiger charge is -2.17. The van der Waals surface area contributed by atoms with Crippen LogP contribution >= 0.6 is 0 Å². The van der Waals surface area contributed by atoms with E-state index >= 15 is 0 Å². The first kappa shape index (κ1) is 9.73. The first-order valence-electron chi connectivity index (χ1n) is 5.81. The molecule has 0 amide bonds. The van der Waals surface area contributed by atoms with Gasteiger partial charge in [0.2, 0.25) is 0 Å². The summed E-state index contributed by atoms with van der Waals surface area (Å²) in [5, 5.41) is 1.35. The SMILES string of the molecule is Cc1c(C)n2c3c(cc(NN)cc13)CCC2. The van der Waals surface area contributed by atoms with Crippen molar-refractivity contribution in [1.29, 1.82) is 0 Å². The lowest BCUT2D eigenvalue weighted by molar-refractivity contribution is 0.622. The van der Waals surface area contributed by atoms with Gasteiger partial charge in [0.05, 0.1) is 5.52 Å². The maximum atomic E-state index is 5.52. The lowest BCUT2D eigenvalue weighted by atomic mass is 10.0. The van der Waals surface area contributed by atoms with Gasteiger partial charge in [0.1, 0.15) is 0 Å². The number of nitrogens with one attached hydrogen (secondary N) is 1. The Morgan fingerprint density at radius 1 is 1.31 bits per heavy atom. The number of benzene rings is 1. The largest absolute Gasteiger partial charge is 0.344 e. The fourth-order valence-electron chi connectivity index (χ4n) is 2.85. The number of nitrogens with zero attached hydrogens (tertiary/aromatic N) is 1. The second-order valence-electron chi connectivity index (χ2n) is 4.64. The van der Waals surface area contributed by atoms with E-state index in [1.807, 2.05) is 0 Å². The number of rotatable bonds is 1. The van der Waals surface area contributed by atoms with Crippen molar-refractivity contribution in [3.05, 3.63) is 29.0 Å². The van der Waals surface area contributed by atoms with Crippen molar-refractivity contribution in [1.82, 2.24) is 4.57 Å². The molecule has 0 fully saturated rings. The predicted molar refractivity (Wildman–Crippen MR) is 67.5 cm³/mol. The molecular weight excluding hydrogens is 198 g/mol. The van der Waals surface area contributed by atoms with E-state index in [0.717, 1.165) is 18.7 Å². The van der Waals surface area contributed by atoms with E-state index in [2.05, 4.69) is 36.0 Å². The number of hydrogen-bond donors (Lipinski definition) is 2. The average Bonchev–Trinajstić information content (AvgIpc) is 2.56. The summed E-state index contributed by atoms with van der Waals surface area (Å²) in [5.74, 6) is 5.52. The normalized spacial score (nSPS) is 14.4. The van der Waals surface area contributed by atoms with Gasteiger partial charge in [-0.2, -0.15) is 0 Å². The van der Waals surface area contributed by atoms with Crippen LogP contribution in [0.1, 0.15) is 23.2 Å². The minimum absolute atomic E-state index is 1.02. The number of nitrogens with two attached hydrogens (primary N) is 1. The van der Waals surface area contributed by atoms with Gasteiger partial charge in [-0.15, -0.1) is 0 Å². The molecule has 0 saturated carbocycles. The van der Waals surface area contributed by atoms with Gasteiger partial charge in [0.15, 0.2) is 0 Å². The highest BCUT2D eigenvalue weighted by atomic mass is 15.2. The number of hydrogen-bond acceptors (Lipinski definition) is 2. The molecule has 0 bridgehead atoms. The molecule has 1 aromatic carbocycles. The van der Waals surface area contributed by atoms with Crippen molar-refractivity contribution in [3.63, 3.8) is 0 Å². The molecule has 1 aliphatic rings. The molecule has 0 saturated heterocycles. The van der Waals surface area contributed by atoms with Crippen LogP contribution in [0, 0.1) is 13.8 Å². The van der Waals surface area contributed by atoms with Crippen LogP contribution < -0.4 is 11.3 Å². The van der Waals surface area contributed by atoms with Gasteiger partial charge in [-0.3, -0.25) is 5.84 Å². The molecule has 3 rings (SSSR count). The molecule has 3 nitrogen and oxygen atoms in total. The summed E-state index contributed by atoms with van der Waals surface area (Å²) in [4.78, 5) is 0. The van der Waals surface area contributed by atoms with E-state index in [1.54, 1.807) is 0 Å². The van der Waals surface area contributed by atoms with Crippen LogP contribution in [0.5, 0.6) is 0 Å². The first-order valence-corrected chi connectivity index (χ1v) is 5.81. The van der Waals surface area contributed by atoms with E-state index < -0.39 is 0 Å². The molecule has 0 atom stereocenters. The quantitative estimate of drug-likeness (QED) is 0.567. The highest BCUT2D eigenvalue weighted by Crippen LogP contribution is 2.34. The molecule has 0 radical (unpaired) electrons. The number of hydrazine groups is 1. The van der Waals surface area contributed by atoms with Gasteiger partial charge in [0.25, 0.3) is 0 Å². The van der Waals surface area contributed by atoms with Crippen molar-refractivity contribution < 1.29 is 0 Å².